The van der Waals surface area contributed by atoms with Crippen molar-refractivity contribution < 1.29 is 0 Å². The highest BCUT2D eigenvalue weighted by atomic mass is 79.9. The van der Waals surface area contributed by atoms with E-state index >= 15 is 0 Å². The molecule has 0 bridgehead atoms. The zero-order chi connectivity index (χ0) is 14.0. The number of pyridine rings is 1. The van der Waals surface area contributed by atoms with Gasteiger partial charge in [0.25, 0.3) is 0 Å². The molecule has 1 aromatic heterocycles. The molecule has 0 atom stereocenters. The fraction of sp³-hybridized carbons (Fsp3) is 0.400. The van der Waals surface area contributed by atoms with Crippen LogP contribution in [-0.2, 0) is 6.42 Å². The van der Waals surface area contributed by atoms with Gasteiger partial charge >= 0.3 is 0 Å². The van der Waals surface area contributed by atoms with Gasteiger partial charge in [-0.2, -0.15) is 0 Å². The lowest BCUT2D eigenvalue weighted by atomic mass is 10.1. The molecule has 0 aliphatic carbocycles. The minimum atomic E-state index is 0.797. The average Bonchev–Trinajstić information content (AvgIpc) is 2.38. The number of benzene rings is 1. The Labute approximate surface area is 127 Å². The van der Waals surface area contributed by atoms with E-state index in [0.717, 1.165) is 51.2 Å². The van der Waals surface area contributed by atoms with E-state index in [9.17, 15) is 0 Å². The molecule has 1 aromatic carbocycles. The number of halogens is 2. The van der Waals surface area contributed by atoms with Crippen LogP contribution >= 0.6 is 27.5 Å². The van der Waals surface area contributed by atoms with E-state index in [1.807, 2.05) is 13.0 Å². The number of aryl methyl sites for hydroxylation is 2. The molecule has 19 heavy (non-hydrogen) atoms. The van der Waals surface area contributed by atoms with Crippen molar-refractivity contribution in [2.75, 3.05) is 11.9 Å². The Balaban J connectivity index is 2.73. The maximum absolute atomic E-state index is 6.42. The number of rotatable bonds is 4. The Bertz CT molecular complexity index is 611. The molecule has 2 nitrogen and oxygen atoms in total. The fourth-order valence-corrected chi connectivity index (χ4v) is 3.06. The van der Waals surface area contributed by atoms with Gasteiger partial charge in [-0.05, 0) is 59.5 Å². The van der Waals surface area contributed by atoms with Crippen LogP contribution in [0.15, 0.2) is 16.6 Å². The van der Waals surface area contributed by atoms with E-state index < -0.39 is 0 Å². The first-order valence-electron chi connectivity index (χ1n) is 6.60. The summed E-state index contributed by atoms with van der Waals surface area (Å²) in [5.74, 6) is 0.970. The van der Waals surface area contributed by atoms with E-state index in [-0.39, 0.29) is 0 Å². The van der Waals surface area contributed by atoms with Crippen LogP contribution in [0.5, 0.6) is 0 Å². The van der Waals surface area contributed by atoms with E-state index in [1.165, 1.54) is 5.56 Å². The predicted molar refractivity (Wildman–Crippen MR) is 87.3 cm³/mol. The quantitative estimate of drug-likeness (QED) is 0.811. The van der Waals surface area contributed by atoms with Crippen molar-refractivity contribution in [2.45, 2.75) is 33.6 Å². The molecule has 0 amide bonds. The lowest BCUT2D eigenvalue weighted by Gasteiger charge is -2.13. The van der Waals surface area contributed by atoms with Crippen LogP contribution in [0, 0.1) is 6.92 Å². The fourth-order valence-electron chi connectivity index (χ4n) is 2.22. The van der Waals surface area contributed by atoms with Gasteiger partial charge in [0.05, 0.1) is 10.5 Å². The molecule has 0 aliphatic rings. The number of hydrogen-bond donors (Lipinski definition) is 1. The van der Waals surface area contributed by atoms with Crippen molar-refractivity contribution in [3.63, 3.8) is 0 Å². The Hall–Kier alpha value is -0.800. The second-order valence-electron chi connectivity index (χ2n) is 4.66. The van der Waals surface area contributed by atoms with Gasteiger partial charge in [0.15, 0.2) is 0 Å². The molecule has 1 heterocycles. The Morgan fingerprint density at radius 1 is 1.32 bits per heavy atom. The molecular formula is C15H18BrClN2. The molecule has 0 saturated carbocycles. The molecule has 0 fully saturated rings. The first kappa shape index (κ1) is 14.6. The molecule has 0 aliphatic heterocycles. The summed E-state index contributed by atoms with van der Waals surface area (Å²) in [6.07, 6.45) is 2.10. The molecular weight excluding hydrogens is 324 g/mol. The van der Waals surface area contributed by atoms with Crippen LogP contribution < -0.4 is 5.32 Å². The molecule has 0 spiro atoms. The molecule has 0 saturated heterocycles. The Morgan fingerprint density at radius 2 is 2.05 bits per heavy atom. The number of hydrogen-bond acceptors (Lipinski definition) is 2. The summed E-state index contributed by atoms with van der Waals surface area (Å²) in [7, 11) is 0. The first-order valence-corrected chi connectivity index (χ1v) is 7.77. The molecule has 2 aromatic rings. The monoisotopic (exact) mass is 340 g/mol. The summed E-state index contributed by atoms with van der Waals surface area (Å²) in [6, 6.07) is 4.19. The second-order valence-corrected chi connectivity index (χ2v) is 5.89. The number of nitrogens with zero attached hydrogens (tertiary/aromatic N) is 1. The lowest BCUT2D eigenvalue weighted by molar-refractivity contribution is 0.916. The largest absolute Gasteiger partial charge is 0.370 e. The third-order valence-corrected chi connectivity index (χ3v) is 4.22. The summed E-state index contributed by atoms with van der Waals surface area (Å²) in [5, 5.41) is 5.16. The van der Waals surface area contributed by atoms with Gasteiger partial charge in [0.2, 0.25) is 0 Å². The highest BCUT2D eigenvalue weighted by molar-refractivity contribution is 9.10. The molecule has 0 unspecified atom stereocenters. The zero-order valence-electron chi connectivity index (χ0n) is 11.5. The third kappa shape index (κ3) is 2.87. The van der Waals surface area contributed by atoms with Crippen LogP contribution in [-0.4, -0.2) is 11.5 Å². The molecule has 0 radical (unpaired) electrons. The third-order valence-electron chi connectivity index (χ3n) is 3.12. The lowest BCUT2D eigenvalue weighted by Crippen LogP contribution is -2.04. The van der Waals surface area contributed by atoms with Gasteiger partial charge in [-0.25, -0.2) is 4.98 Å². The molecule has 1 N–H and O–H groups in total. The number of anilines is 1. The Morgan fingerprint density at radius 3 is 2.68 bits per heavy atom. The SMILES string of the molecule is CCCc1cc2c(Cl)c(C)cc(Br)c2nc1NCC. The van der Waals surface area contributed by atoms with Crippen molar-refractivity contribution in [3.8, 4) is 0 Å². The maximum atomic E-state index is 6.42. The van der Waals surface area contributed by atoms with Gasteiger partial charge in [-0.15, -0.1) is 0 Å². The smallest absolute Gasteiger partial charge is 0.129 e. The van der Waals surface area contributed by atoms with E-state index in [2.05, 4.69) is 41.2 Å². The highest BCUT2D eigenvalue weighted by Gasteiger charge is 2.12. The zero-order valence-corrected chi connectivity index (χ0v) is 13.8. The summed E-state index contributed by atoms with van der Waals surface area (Å²) in [5.41, 5.74) is 3.23. The molecule has 2 rings (SSSR count). The van der Waals surface area contributed by atoms with Gasteiger partial charge < -0.3 is 5.32 Å². The molecule has 102 valence electrons. The van der Waals surface area contributed by atoms with Crippen LogP contribution in [0.3, 0.4) is 0 Å². The topological polar surface area (TPSA) is 24.9 Å². The minimum Gasteiger partial charge on any atom is -0.370 e. The van der Waals surface area contributed by atoms with Crippen LogP contribution in [0.2, 0.25) is 5.02 Å². The minimum absolute atomic E-state index is 0.797. The Kier molecular flexibility index (Phi) is 4.69. The van der Waals surface area contributed by atoms with Crippen molar-refractivity contribution in [2.24, 2.45) is 0 Å². The first-order chi connectivity index (χ1) is 9.08. The standard InChI is InChI=1S/C15H18BrClN2/c1-4-6-10-8-11-13(17)9(3)7-12(16)14(11)19-15(10)18-5-2/h7-8H,4-6H2,1-3H3,(H,18,19). The van der Waals surface area contributed by atoms with Crippen LogP contribution in [0.4, 0.5) is 5.82 Å². The summed E-state index contributed by atoms with van der Waals surface area (Å²) >= 11 is 10.0. The highest BCUT2D eigenvalue weighted by Crippen LogP contribution is 2.34. The maximum Gasteiger partial charge on any atom is 0.129 e. The van der Waals surface area contributed by atoms with Crippen molar-refractivity contribution in [1.29, 1.82) is 0 Å². The van der Waals surface area contributed by atoms with Crippen molar-refractivity contribution in [3.05, 3.63) is 32.8 Å². The number of fused-ring (bicyclic) bond motifs is 1. The predicted octanol–water partition coefficient (Wildman–Crippen LogP) is 5.34. The van der Waals surface area contributed by atoms with Gasteiger partial charge in [0, 0.05) is 16.4 Å². The normalized spacial score (nSPS) is 11.0. The van der Waals surface area contributed by atoms with Crippen LogP contribution in [0.1, 0.15) is 31.4 Å². The second kappa shape index (κ2) is 6.10. The van der Waals surface area contributed by atoms with Crippen molar-refractivity contribution in [1.82, 2.24) is 4.98 Å². The summed E-state index contributed by atoms with van der Waals surface area (Å²) in [4.78, 5) is 4.74. The number of aromatic nitrogens is 1. The van der Waals surface area contributed by atoms with E-state index in [0.29, 0.717) is 0 Å². The van der Waals surface area contributed by atoms with Crippen LogP contribution in [0.25, 0.3) is 10.9 Å². The number of nitrogens with one attached hydrogen (secondary N) is 1. The summed E-state index contributed by atoms with van der Waals surface area (Å²) < 4.78 is 0.992. The van der Waals surface area contributed by atoms with Gasteiger partial charge in [0.1, 0.15) is 5.82 Å². The van der Waals surface area contributed by atoms with Crippen molar-refractivity contribution >= 4 is 44.3 Å². The van der Waals surface area contributed by atoms with E-state index in [4.69, 9.17) is 16.6 Å². The molecule has 4 heteroatoms. The average molecular weight is 342 g/mol. The summed E-state index contributed by atoms with van der Waals surface area (Å²) in [6.45, 7) is 7.14. The van der Waals surface area contributed by atoms with E-state index in [1.54, 1.807) is 0 Å². The van der Waals surface area contributed by atoms with Gasteiger partial charge in [-0.1, -0.05) is 24.9 Å². The van der Waals surface area contributed by atoms with Gasteiger partial charge in [-0.3, -0.25) is 0 Å².